The second kappa shape index (κ2) is 9.66. The van der Waals surface area contributed by atoms with Crippen LogP contribution in [0.2, 0.25) is 0 Å². The molecule has 4 heteroatoms. The standard InChI is InChI=1S/C22H27NO3/c1-16(2)19-9-5-17(6-10-19)8-12-22(24)23-14-13-18-7-11-20(25-3)21(15-18)26-4/h5-12,15-16H,13-14H2,1-4H3,(H,23,24)/b12-8+. The van der Waals surface area contributed by atoms with Crippen LogP contribution in [-0.2, 0) is 11.2 Å². The van der Waals surface area contributed by atoms with Gasteiger partial charge in [0.2, 0.25) is 5.91 Å². The smallest absolute Gasteiger partial charge is 0.244 e. The Balaban J connectivity index is 1.83. The number of benzene rings is 2. The van der Waals surface area contributed by atoms with Crippen LogP contribution in [0.15, 0.2) is 48.5 Å². The normalized spacial score (nSPS) is 11.0. The average Bonchev–Trinajstić information content (AvgIpc) is 2.66. The van der Waals surface area contributed by atoms with Crippen molar-refractivity contribution in [3.05, 3.63) is 65.2 Å². The molecule has 0 heterocycles. The molecule has 0 bridgehead atoms. The summed E-state index contributed by atoms with van der Waals surface area (Å²) < 4.78 is 10.5. The van der Waals surface area contributed by atoms with E-state index in [1.54, 1.807) is 20.3 Å². The first-order valence-electron chi connectivity index (χ1n) is 8.80. The summed E-state index contributed by atoms with van der Waals surface area (Å²) in [6.07, 6.45) is 4.12. The molecular formula is C22H27NO3. The van der Waals surface area contributed by atoms with E-state index in [0.29, 0.717) is 24.0 Å². The Kier molecular flexibility index (Phi) is 7.27. The molecule has 2 rings (SSSR count). The van der Waals surface area contributed by atoms with E-state index in [-0.39, 0.29) is 5.91 Å². The highest BCUT2D eigenvalue weighted by Crippen LogP contribution is 2.27. The van der Waals surface area contributed by atoms with E-state index in [4.69, 9.17) is 9.47 Å². The zero-order valence-electron chi connectivity index (χ0n) is 15.9. The Labute approximate surface area is 155 Å². The van der Waals surface area contributed by atoms with Gasteiger partial charge < -0.3 is 14.8 Å². The zero-order chi connectivity index (χ0) is 18.9. The first-order chi connectivity index (χ1) is 12.5. The number of nitrogens with one attached hydrogen (secondary N) is 1. The van der Waals surface area contributed by atoms with Crippen molar-refractivity contribution in [3.63, 3.8) is 0 Å². The summed E-state index contributed by atoms with van der Waals surface area (Å²) in [6.45, 7) is 4.89. The topological polar surface area (TPSA) is 47.6 Å². The number of hydrogen-bond acceptors (Lipinski definition) is 3. The molecule has 138 valence electrons. The fourth-order valence-electron chi connectivity index (χ4n) is 2.59. The minimum Gasteiger partial charge on any atom is -0.493 e. The number of carbonyl (C=O) groups is 1. The lowest BCUT2D eigenvalue weighted by molar-refractivity contribution is -0.116. The fraction of sp³-hybridized carbons (Fsp3) is 0.318. The molecule has 2 aromatic carbocycles. The average molecular weight is 353 g/mol. The number of methoxy groups -OCH3 is 2. The molecule has 1 amide bonds. The summed E-state index contributed by atoms with van der Waals surface area (Å²) in [5.41, 5.74) is 3.39. The van der Waals surface area contributed by atoms with E-state index in [9.17, 15) is 4.79 Å². The van der Waals surface area contributed by atoms with Gasteiger partial charge in [0, 0.05) is 12.6 Å². The van der Waals surface area contributed by atoms with Crippen molar-refractivity contribution in [2.75, 3.05) is 20.8 Å². The molecule has 0 fully saturated rings. The predicted molar refractivity (Wildman–Crippen MR) is 106 cm³/mol. The van der Waals surface area contributed by atoms with E-state index < -0.39 is 0 Å². The molecule has 0 aliphatic heterocycles. The maximum atomic E-state index is 12.0. The largest absolute Gasteiger partial charge is 0.493 e. The lowest BCUT2D eigenvalue weighted by Gasteiger charge is -2.09. The van der Waals surface area contributed by atoms with E-state index in [1.165, 1.54) is 5.56 Å². The first-order valence-corrected chi connectivity index (χ1v) is 8.80. The molecule has 0 aromatic heterocycles. The number of hydrogen-bond donors (Lipinski definition) is 1. The molecule has 0 saturated heterocycles. The Morgan fingerprint density at radius 2 is 1.73 bits per heavy atom. The van der Waals surface area contributed by atoms with Crippen molar-refractivity contribution in [1.82, 2.24) is 5.32 Å². The third kappa shape index (κ3) is 5.66. The van der Waals surface area contributed by atoms with Crippen LogP contribution in [0.4, 0.5) is 0 Å². The highest BCUT2D eigenvalue weighted by Gasteiger charge is 2.05. The summed E-state index contributed by atoms with van der Waals surface area (Å²) in [4.78, 5) is 12.0. The minimum absolute atomic E-state index is 0.0987. The van der Waals surface area contributed by atoms with Crippen molar-refractivity contribution < 1.29 is 14.3 Å². The Morgan fingerprint density at radius 3 is 2.35 bits per heavy atom. The van der Waals surface area contributed by atoms with Crippen LogP contribution in [0.3, 0.4) is 0 Å². The second-order valence-corrected chi connectivity index (χ2v) is 6.39. The van der Waals surface area contributed by atoms with Crippen molar-refractivity contribution in [1.29, 1.82) is 0 Å². The van der Waals surface area contributed by atoms with Crippen LogP contribution < -0.4 is 14.8 Å². The van der Waals surface area contributed by atoms with E-state index in [0.717, 1.165) is 17.5 Å². The third-order valence-electron chi connectivity index (χ3n) is 4.19. The highest BCUT2D eigenvalue weighted by molar-refractivity contribution is 5.91. The molecule has 4 nitrogen and oxygen atoms in total. The van der Waals surface area contributed by atoms with Crippen molar-refractivity contribution in [3.8, 4) is 11.5 Å². The molecule has 0 aliphatic rings. The van der Waals surface area contributed by atoms with Gasteiger partial charge in [-0.2, -0.15) is 0 Å². The molecule has 26 heavy (non-hydrogen) atoms. The minimum atomic E-state index is -0.0987. The van der Waals surface area contributed by atoms with E-state index in [1.807, 2.05) is 36.4 Å². The SMILES string of the molecule is COc1ccc(CCNC(=O)/C=C/c2ccc(C(C)C)cc2)cc1OC. The lowest BCUT2D eigenvalue weighted by atomic mass is 10.0. The molecule has 0 aliphatic carbocycles. The van der Waals surface area contributed by atoms with Crippen LogP contribution in [-0.4, -0.2) is 26.7 Å². The lowest BCUT2D eigenvalue weighted by Crippen LogP contribution is -2.23. The van der Waals surface area contributed by atoms with E-state index >= 15 is 0 Å². The fourth-order valence-corrected chi connectivity index (χ4v) is 2.59. The molecule has 2 aromatic rings. The predicted octanol–water partition coefficient (Wildman–Crippen LogP) is 4.20. The second-order valence-electron chi connectivity index (χ2n) is 6.39. The van der Waals surface area contributed by atoms with Crippen LogP contribution in [0.1, 0.15) is 36.5 Å². The molecule has 0 spiro atoms. The molecule has 0 atom stereocenters. The summed E-state index contributed by atoms with van der Waals surface area (Å²) in [5, 5.41) is 2.90. The molecule has 1 N–H and O–H groups in total. The van der Waals surface area contributed by atoms with E-state index in [2.05, 4.69) is 31.3 Å². The van der Waals surface area contributed by atoms with Gasteiger partial charge in [0.1, 0.15) is 0 Å². The molecular weight excluding hydrogens is 326 g/mol. The van der Waals surface area contributed by atoms with Gasteiger partial charge in [0.25, 0.3) is 0 Å². The van der Waals surface area contributed by atoms with Gasteiger partial charge in [-0.3, -0.25) is 4.79 Å². The quantitative estimate of drug-likeness (QED) is 0.724. The van der Waals surface area contributed by atoms with Crippen LogP contribution >= 0.6 is 0 Å². The molecule has 0 saturated carbocycles. The monoisotopic (exact) mass is 353 g/mol. The summed E-state index contributed by atoms with van der Waals surface area (Å²) >= 11 is 0. The van der Waals surface area contributed by atoms with Gasteiger partial charge in [-0.15, -0.1) is 0 Å². The summed E-state index contributed by atoms with van der Waals surface area (Å²) in [7, 11) is 3.22. The van der Waals surface area contributed by atoms with Crippen LogP contribution in [0.25, 0.3) is 6.08 Å². The van der Waals surface area contributed by atoms with Gasteiger partial charge in [-0.05, 0) is 47.2 Å². The van der Waals surface area contributed by atoms with Crippen LogP contribution in [0, 0.1) is 0 Å². The number of rotatable bonds is 8. The third-order valence-corrected chi connectivity index (χ3v) is 4.19. The van der Waals surface area contributed by atoms with Crippen molar-refractivity contribution in [2.45, 2.75) is 26.2 Å². The Bertz CT molecular complexity index is 748. The maximum Gasteiger partial charge on any atom is 0.244 e. The van der Waals surface area contributed by atoms with Crippen molar-refractivity contribution >= 4 is 12.0 Å². The number of carbonyl (C=O) groups excluding carboxylic acids is 1. The zero-order valence-corrected chi connectivity index (χ0v) is 15.9. The van der Waals surface area contributed by atoms with Crippen molar-refractivity contribution in [2.24, 2.45) is 0 Å². The molecule has 0 radical (unpaired) electrons. The molecule has 0 unspecified atom stereocenters. The van der Waals surface area contributed by atoms with Gasteiger partial charge >= 0.3 is 0 Å². The first kappa shape index (κ1) is 19.6. The van der Waals surface area contributed by atoms with Gasteiger partial charge in [-0.25, -0.2) is 0 Å². The summed E-state index contributed by atoms with van der Waals surface area (Å²) in [6, 6.07) is 14.0. The maximum absolute atomic E-state index is 12.0. The highest BCUT2D eigenvalue weighted by atomic mass is 16.5. The Hall–Kier alpha value is -2.75. The van der Waals surface area contributed by atoms with Crippen LogP contribution in [0.5, 0.6) is 11.5 Å². The summed E-state index contributed by atoms with van der Waals surface area (Å²) in [5.74, 6) is 1.80. The Morgan fingerprint density at radius 1 is 1.04 bits per heavy atom. The number of amides is 1. The van der Waals surface area contributed by atoms with Gasteiger partial charge in [-0.1, -0.05) is 44.2 Å². The number of ether oxygens (including phenoxy) is 2. The van der Waals surface area contributed by atoms with Gasteiger partial charge in [0.15, 0.2) is 11.5 Å². The van der Waals surface area contributed by atoms with Gasteiger partial charge in [0.05, 0.1) is 14.2 Å².